The van der Waals surface area contributed by atoms with Gasteiger partial charge in [-0.1, -0.05) is 0 Å². The topological polar surface area (TPSA) is 143 Å². The molecule has 0 aliphatic carbocycles. The number of rotatable bonds is 4. The number of likely N-dealkylation sites (N-methyl/N-ethyl adjacent to an activating group) is 1. The van der Waals surface area contributed by atoms with E-state index in [1.54, 1.807) is 15.6 Å². The number of aromatic nitrogens is 7. The number of fused-ring (bicyclic) bond motifs is 4. The van der Waals surface area contributed by atoms with Crippen LogP contribution in [0.3, 0.4) is 0 Å². The Morgan fingerprint density at radius 2 is 2.14 bits per heavy atom. The van der Waals surface area contributed by atoms with Gasteiger partial charge in [0.2, 0.25) is 11.8 Å². The molecule has 0 spiro atoms. The van der Waals surface area contributed by atoms with Gasteiger partial charge in [-0.3, -0.25) is 19.7 Å². The molecule has 2 N–H and O–H groups in total. The number of aliphatic hydroxyl groups excluding tert-OH is 1. The second kappa shape index (κ2) is 10.0. The Kier molecular flexibility index (Phi) is 6.64. The van der Waals surface area contributed by atoms with Crippen LogP contribution >= 0.6 is 0 Å². The van der Waals surface area contributed by atoms with Gasteiger partial charge in [-0.15, -0.1) is 5.10 Å². The molecule has 1 aliphatic rings. The Morgan fingerprint density at radius 1 is 1.30 bits per heavy atom. The molecule has 0 saturated carbocycles. The number of nitrogens with one attached hydrogen (secondary N) is 1. The predicted octanol–water partition coefficient (Wildman–Crippen LogP) is 2.14. The van der Waals surface area contributed by atoms with Crippen molar-refractivity contribution in [3.63, 3.8) is 0 Å². The zero-order valence-corrected chi connectivity index (χ0v) is 21.3. The highest BCUT2D eigenvalue weighted by molar-refractivity contribution is 5.92. The van der Waals surface area contributed by atoms with E-state index in [-0.39, 0.29) is 19.3 Å². The largest absolute Gasteiger partial charge is 0.476 e. The van der Waals surface area contributed by atoms with Gasteiger partial charge in [0.1, 0.15) is 12.7 Å². The molecule has 0 saturated heterocycles. The number of nitrogens with zero attached hydrogens (tertiary/aromatic N) is 8. The van der Waals surface area contributed by atoms with Crippen LogP contribution in [-0.2, 0) is 20.1 Å². The number of aryl methyl sites for hydroxylation is 2. The van der Waals surface area contributed by atoms with Gasteiger partial charge in [0.15, 0.2) is 6.61 Å². The lowest BCUT2D eigenvalue weighted by atomic mass is 10.1. The Bertz CT molecular complexity index is 1510. The Balaban J connectivity index is 1.70. The molecule has 0 fully saturated rings. The van der Waals surface area contributed by atoms with Crippen molar-refractivity contribution in [2.75, 3.05) is 26.9 Å². The van der Waals surface area contributed by atoms with Crippen molar-refractivity contribution in [1.82, 2.24) is 39.6 Å². The fourth-order valence-corrected chi connectivity index (χ4v) is 4.49. The van der Waals surface area contributed by atoms with Gasteiger partial charge >= 0.3 is 0 Å². The summed E-state index contributed by atoms with van der Waals surface area (Å²) < 4.78 is 15.5. The maximum absolute atomic E-state index is 9.67. The number of hydrogen-bond acceptors (Lipinski definition) is 9. The molecule has 4 aromatic heterocycles. The van der Waals surface area contributed by atoms with Crippen molar-refractivity contribution in [1.29, 1.82) is 5.26 Å². The first-order valence-corrected chi connectivity index (χ1v) is 12.0. The number of pyridine rings is 1. The molecule has 12 heteroatoms. The standard InChI is InChI=1S/C25H29N9O3/c1-15-14-37-25-23(16(2)30-33(25)4)20-11-18-19(28-29-21(18)12-27-20)6-5-17-22(13-32(15)3)34(8-9-35)31-24(17)36-10-7-26/h5-6,11-12,15,35H,8-10,13-14H2,1-4H3,(H,28,29)/b6-5+/t15-/m1/s1. The van der Waals surface area contributed by atoms with E-state index < -0.39 is 0 Å². The lowest BCUT2D eigenvalue weighted by Gasteiger charge is -2.25. The van der Waals surface area contributed by atoms with Crippen LogP contribution in [0.15, 0.2) is 12.3 Å². The first-order chi connectivity index (χ1) is 17.9. The molecule has 1 aliphatic heterocycles. The fraction of sp³-hybridized carbons (Fsp3) is 0.400. The first kappa shape index (κ1) is 24.5. The van der Waals surface area contributed by atoms with E-state index >= 15 is 0 Å². The van der Waals surface area contributed by atoms with Crippen LogP contribution < -0.4 is 9.47 Å². The van der Waals surface area contributed by atoms with Crippen LogP contribution in [-0.4, -0.2) is 77.7 Å². The molecule has 0 amide bonds. The number of aliphatic hydroxyl groups is 1. The summed E-state index contributed by atoms with van der Waals surface area (Å²) in [4.78, 5) is 6.80. The summed E-state index contributed by atoms with van der Waals surface area (Å²) in [6, 6.07) is 4.00. The lowest BCUT2D eigenvalue weighted by Crippen LogP contribution is -2.35. The van der Waals surface area contributed by atoms with Crippen LogP contribution in [0, 0.1) is 18.3 Å². The Morgan fingerprint density at radius 3 is 2.92 bits per heavy atom. The summed E-state index contributed by atoms with van der Waals surface area (Å²) in [5.74, 6) is 0.984. The third-order valence-electron chi connectivity index (χ3n) is 6.57. The summed E-state index contributed by atoms with van der Waals surface area (Å²) in [7, 11) is 3.87. The quantitative estimate of drug-likeness (QED) is 0.428. The van der Waals surface area contributed by atoms with E-state index in [4.69, 9.17) is 14.7 Å². The van der Waals surface area contributed by atoms with Crippen LogP contribution in [0.5, 0.6) is 11.8 Å². The summed E-state index contributed by atoms with van der Waals surface area (Å²) in [5.41, 5.74) is 5.50. The molecule has 12 nitrogen and oxygen atoms in total. The average molecular weight is 504 g/mol. The second-order valence-electron chi connectivity index (χ2n) is 9.08. The molecule has 2 bridgehead atoms. The van der Waals surface area contributed by atoms with Gasteiger partial charge in [-0.25, -0.2) is 4.68 Å². The summed E-state index contributed by atoms with van der Waals surface area (Å²) in [5, 5.41) is 36.3. The van der Waals surface area contributed by atoms with E-state index in [0.29, 0.717) is 37.2 Å². The lowest BCUT2D eigenvalue weighted by molar-refractivity contribution is 0.156. The third kappa shape index (κ3) is 4.54. The first-order valence-electron chi connectivity index (χ1n) is 12.0. The van der Waals surface area contributed by atoms with E-state index in [1.807, 2.05) is 45.3 Å². The molecule has 4 aromatic rings. The Hall–Kier alpha value is -4.21. The number of hydrogen-bond donors (Lipinski definition) is 2. The number of ether oxygens (including phenoxy) is 2. The molecule has 37 heavy (non-hydrogen) atoms. The monoisotopic (exact) mass is 503 g/mol. The van der Waals surface area contributed by atoms with E-state index in [9.17, 15) is 5.11 Å². The van der Waals surface area contributed by atoms with E-state index in [1.165, 1.54) is 0 Å². The number of aromatic amines is 1. The second-order valence-corrected chi connectivity index (χ2v) is 9.08. The summed E-state index contributed by atoms with van der Waals surface area (Å²) in [6.45, 7) is 5.02. The maximum atomic E-state index is 9.67. The zero-order chi connectivity index (χ0) is 26.1. The smallest absolute Gasteiger partial charge is 0.241 e. The molecular formula is C25H29N9O3. The SMILES string of the molecule is Cc1nn(C)c2c1-c1cc3c(n[nH]c3cn1)/C=C/c1c(OCC#N)nn(CCO)c1CN(C)[C@H](C)CO2. The molecule has 0 radical (unpaired) electrons. The minimum Gasteiger partial charge on any atom is -0.476 e. The average Bonchev–Trinajstić information content (AvgIpc) is 3.52. The minimum absolute atomic E-state index is 0.0251. The molecule has 0 aromatic carbocycles. The molecule has 192 valence electrons. The summed E-state index contributed by atoms with van der Waals surface area (Å²) >= 11 is 0. The highest BCUT2D eigenvalue weighted by Gasteiger charge is 2.24. The van der Waals surface area contributed by atoms with Crippen molar-refractivity contribution >= 4 is 23.1 Å². The van der Waals surface area contributed by atoms with E-state index in [2.05, 4.69) is 37.2 Å². The maximum Gasteiger partial charge on any atom is 0.241 e. The zero-order valence-electron chi connectivity index (χ0n) is 21.3. The summed E-state index contributed by atoms with van der Waals surface area (Å²) in [6.07, 6.45) is 5.54. The molecule has 1 atom stereocenters. The number of nitriles is 1. The van der Waals surface area contributed by atoms with Gasteiger partial charge in [0.05, 0.1) is 58.8 Å². The van der Waals surface area contributed by atoms with Gasteiger partial charge in [-0.05, 0) is 39.1 Å². The molecular weight excluding hydrogens is 474 g/mol. The van der Waals surface area contributed by atoms with Crippen LogP contribution in [0.2, 0.25) is 0 Å². The Labute approximate surface area is 213 Å². The van der Waals surface area contributed by atoms with Crippen molar-refractivity contribution in [2.45, 2.75) is 33.0 Å². The molecule has 5 heterocycles. The highest BCUT2D eigenvalue weighted by Crippen LogP contribution is 2.34. The third-order valence-corrected chi connectivity index (χ3v) is 6.57. The van der Waals surface area contributed by atoms with Gasteiger partial charge < -0.3 is 14.6 Å². The van der Waals surface area contributed by atoms with E-state index in [0.717, 1.165) is 39.1 Å². The van der Waals surface area contributed by atoms with Crippen molar-refractivity contribution in [3.05, 3.63) is 34.9 Å². The minimum atomic E-state index is -0.136. The van der Waals surface area contributed by atoms with Gasteiger partial charge in [0.25, 0.3) is 0 Å². The van der Waals surface area contributed by atoms with Crippen LogP contribution in [0.4, 0.5) is 0 Å². The van der Waals surface area contributed by atoms with Crippen LogP contribution in [0.25, 0.3) is 34.3 Å². The van der Waals surface area contributed by atoms with Gasteiger partial charge in [0, 0.05) is 25.0 Å². The number of H-pyrrole nitrogens is 1. The van der Waals surface area contributed by atoms with Crippen molar-refractivity contribution in [2.24, 2.45) is 7.05 Å². The highest BCUT2D eigenvalue weighted by atomic mass is 16.5. The van der Waals surface area contributed by atoms with Gasteiger partial charge in [-0.2, -0.15) is 15.5 Å². The predicted molar refractivity (Wildman–Crippen MR) is 137 cm³/mol. The normalized spacial score (nSPS) is 16.9. The van der Waals surface area contributed by atoms with Crippen molar-refractivity contribution < 1.29 is 14.6 Å². The van der Waals surface area contributed by atoms with Crippen molar-refractivity contribution in [3.8, 4) is 29.1 Å². The fourth-order valence-electron chi connectivity index (χ4n) is 4.49. The van der Waals surface area contributed by atoms with Crippen LogP contribution in [0.1, 0.15) is 29.6 Å². The molecule has 0 unspecified atom stereocenters. The molecule has 5 rings (SSSR count).